The van der Waals surface area contributed by atoms with Gasteiger partial charge in [-0.2, -0.15) is 0 Å². The van der Waals surface area contributed by atoms with Crippen LogP contribution < -0.4 is 5.32 Å². The van der Waals surface area contributed by atoms with E-state index in [1.807, 2.05) is 54.6 Å². The number of carbonyl (C=O) groups excluding carboxylic acids is 1. The SMILES string of the molecule is O=C1NC(=Nc2ccccc2Br)SC1=Cc1cccc(Br)c1. The third-order valence-corrected chi connectivity index (χ3v) is 4.95. The Labute approximate surface area is 149 Å². The number of nitrogens with one attached hydrogen (secondary N) is 1. The molecule has 0 spiro atoms. The Bertz CT molecular complexity index is 802. The Morgan fingerprint density at radius 1 is 1.09 bits per heavy atom. The summed E-state index contributed by atoms with van der Waals surface area (Å²) in [5, 5.41) is 3.37. The molecule has 0 aliphatic carbocycles. The van der Waals surface area contributed by atoms with Crippen LogP contribution in [0.2, 0.25) is 0 Å². The van der Waals surface area contributed by atoms with Crippen LogP contribution in [0.3, 0.4) is 0 Å². The van der Waals surface area contributed by atoms with Crippen LogP contribution in [0.25, 0.3) is 6.08 Å². The van der Waals surface area contributed by atoms with E-state index < -0.39 is 0 Å². The molecule has 110 valence electrons. The summed E-state index contributed by atoms with van der Waals surface area (Å²) in [4.78, 5) is 17.1. The first kappa shape index (κ1) is 15.5. The molecule has 2 aromatic rings. The molecule has 2 aromatic carbocycles. The van der Waals surface area contributed by atoms with Gasteiger partial charge in [0, 0.05) is 8.95 Å². The number of hydrogen-bond acceptors (Lipinski definition) is 3. The lowest BCUT2D eigenvalue weighted by atomic mass is 10.2. The maximum Gasteiger partial charge on any atom is 0.264 e. The summed E-state index contributed by atoms with van der Waals surface area (Å²) in [5.41, 5.74) is 1.75. The summed E-state index contributed by atoms with van der Waals surface area (Å²) in [5.74, 6) is -0.129. The Morgan fingerprint density at radius 2 is 1.91 bits per heavy atom. The Balaban J connectivity index is 1.86. The van der Waals surface area contributed by atoms with Crippen molar-refractivity contribution in [2.45, 2.75) is 0 Å². The molecule has 22 heavy (non-hydrogen) atoms. The number of para-hydroxylation sites is 1. The molecule has 1 heterocycles. The van der Waals surface area contributed by atoms with E-state index in [1.54, 1.807) is 0 Å². The van der Waals surface area contributed by atoms with Gasteiger partial charge >= 0.3 is 0 Å². The van der Waals surface area contributed by atoms with E-state index in [2.05, 4.69) is 42.2 Å². The maximum atomic E-state index is 12.0. The van der Waals surface area contributed by atoms with Crippen molar-refractivity contribution in [2.24, 2.45) is 4.99 Å². The molecule has 1 saturated heterocycles. The van der Waals surface area contributed by atoms with E-state index in [4.69, 9.17) is 0 Å². The van der Waals surface area contributed by atoms with Crippen LogP contribution in [-0.2, 0) is 4.79 Å². The van der Waals surface area contributed by atoms with Gasteiger partial charge in [-0.25, -0.2) is 4.99 Å². The van der Waals surface area contributed by atoms with Crippen LogP contribution in [0.1, 0.15) is 5.56 Å². The molecule has 1 amide bonds. The number of carbonyl (C=O) groups is 1. The lowest BCUT2D eigenvalue weighted by Gasteiger charge is -1.98. The van der Waals surface area contributed by atoms with Crippen LogP contribution >= 0.6 is 43.6 Å². The molecule has 1 aliphatic rings. The number of halogens is 2. The molecule has 1 N–H and O–H groups in total. The minimum absolute atomic E-state index is 0.129. The molecule has 0 saturated carbocycles. The van der Waals surface area contributed by atoms with E-state index in [1.165, 1.54) is 11.8 Å². The van der Waals surface area contributed by atoms with Gasteiger partial charge in [0.05, 0.1) is 10.6 Å². The van der Waals surface area contributed by atoms with Crippen molar-refractivity contribution in [1.29, 1.82) is 0 Å². The zero-order valence-electron chi connectivity index (χ0n) is 11.2. The number of benzene rings is 2. The average Bonchev–Trinajstić information content (AvgIpc) is 2.81. The van der Waals surface area contributed by atoms with Gasteiger partial charge in [-0.05, 0) is 63.6 Å². The van der Waals surface area contributed by atoms with Crippen LogP contribution in [0.15, 0.2) is 67.4 Å². The molecule has 1 fully saturated rings. The predicted octanol–water partition coefficient (Wildman–Crippen LogP) is 5.10. The number of nitrogens with zero attached hydrogens (tertiary/aromatic N) is 1. The summed E-state index contributed by atoms with van der Waals surface area (Å²) in [6, 6.07) is 15.4. The second-order valence-electron chi connectivity index (χ2n) is 4.49. The largest absolute Gasteiger partial charge is 0.300 e. The van der Waals surface area contributed by atoms with Crippen LogP contribution in [-0.4, -0.2) is 11.1 Å². The van der Waals surface area contributed by atoms with Crippen molar-refractivity contribution < 1.29 is 4.79 Å². The molecule has 1 aliphatic heterocycles. The van der Waals surface area contributed by atoms with Crippen molar-refractivity contribution in [2.75, 3.05) is 0 Å². The van der Waals surface area contributed by atoms with E-state index in [0.29, 0.717) is 10.1 Å². The lowest BCUT2D eigenvalue weighted by molar-refractivity contribution is -0.115. The van der Waals surface area contributed by atoms with Crippen molar-refractivity contribution in [3.63, 3.8) is 0 Å². The standard InChI is InChI=1S/C16H10Br2N2OS/c17-11-5-3-4-10(8-11)9-14-15(21)20-16(22-14)19-13-7-2-1-6-12(13)18/h1-9H,(H,19,20,21). The van der Waals surface area contributed by atoms with Gasteiger partial charge in [0.1, 0.15) is 0 Å². The highest BCUT2D eigenvalue weighted by molar-refractivity contribution is 9.10. The number of hydrogen-bond donors (Lipinski definition) is 1. The zero-order chi connectivity index (χ0) is 15.5. The summed E-state index contributed by atoms with van der Waals surface area (Å²) in [7, 11) is 0. The summed E-state index contributed by atoms with van der Waals surface area (Å²) < 4.78 is 1.87. The van der Waals surface area contributed by atoms with Crippen molar-refractivity contribution in [1.82, 2.24) is 5.32 Å². The van der Waals surface area contributed by atoms with Crippen LogP contribution in [0, 0.1) is 0 Å². The van der Waals surface area contributed by atoms with Gasteiger partial charge < -0.3 is 5.32 Å². The van der Waals surface area contributed by atoms with Gasteiger partial charge in [-0.3, -0.25) is 4.79 Å². The highest BCUT2D eigenvalue weighted by Crippen LogP contribution is 2.31. The molecule has 0 aromatic heterocycles. The van der Waals surface area contributed by atoms with Crippen molar-refractivity contribution in [3.05, 3.63) is 67.9 Å². The number of rotatable bonds is 2. The monoisotopic (exact) mass is 436 g/mol. The molecular formula is C16H10Br2N2OS. The molecule has 3 nitrogen and oxygen atoms in total. The van der Waals surface area contributed by atoms with E-state index >= 15 is 0 Å². The molecule has 6 heteroatoms. The first-order valence-electron chi connectivity index (χ1n) is 6.41. The fourth-order valence-corrected chi connectivity index (χ4v) is 3.51. The Hall–Kier alpha value is -1.37. The second-order valence-corrected chi connectivity index (χ2v) is 7.29. The summed E-state index contributed by atoms with van der Waals surface area (Å²) in [6.45, 7) is 0. The molecule has 0 radical (unpaired) electrons. The molecule has 3 rings (SSSR count). The van der Waals surface area contributed by atoms with Gasteiger partial charge in [0.25, 0.3) is 5.91 Å². The van der Waals surface area contributed by atoms with Gasteiger partial charge in [0.2, 0.25) is 0 Å². The second kappa shape index (κ2) is 6.81. The third kappa shape index (κ3) is 3.69. The lowest BCUT2D eigenvalue weighted by Crippen LogP contribution is -2.19. The zero-order valence-corrected chi connectivity index (χ0v) is 15.2. The Kier molecular flexibility index (Phi) is 4.81. The normalized spacial score (nSPS) is 18.0. The molecular weight excluding hydrogens is 428 g/mol. The van der Waals surface area contributed by atoms with Crippen molar-refractivity contribution >= 4 is 66.5 Å². The molecule has 0 bridgehead atoms. The van der Waals surface area contributed by atoms with Gasteiger partial charge in [-0.1, -0.05) is 40.2 Å². The van der Waals surface area contributed by atoms with E-state index in [0.717, 1.165) is 20.2 Å². The third-order valence-electron chi connectivity index (χ3n) is 2.87. The number of aliphatic imine (C=N–C) groups is 1. The Morgan fingerprint density at radius 3 is 2.68 bits per heavy atom. The smallest absolute Gasteiger partial charge is 0.264 e. The van der Waals surface area contributed by atoms with E-state index in [-0.39, 0.29) is 5.91 Å². The molecule has 0 atom stereocenters. The van der Waals surface area contributed by atoms with Crippen molar-refractivity contribution in [3.8, 4) is 0 Å². The molecule has 0 unspecified atom stereocenters. The first-order valence-corrected chi connectivity index (χ1v) is 8.82. The van der Waals surface area contributed by atoms with Gasteiger partial charge in [-0.15, -0.1) is 0 Å². The van der Waals surface area contributed by atoms with Crippen LogP contribution in [0.4, 0.5) is 5.69 Å². The predicted molar refractivity (Wildman–Crippen MR) is 99.1 cm³/mol. The minimum atomic E-state index is -0.129. The topological polar surface area (TPSA) is 41.5 Å². The average molecular weight is 438 g/mol. The number of amides is 1. The first-order chi connectivity index (χ1) is 10.6. The summed E-state index contributed by atoms with van der Waals surface area (Å²) >= 11 is 8.21. The highest BCUT2D eigenvalue weighted by Gasteiger charge is 2.23. The number of thioether (sulfide) groups is 1. The summed E-state index contributed by atoms with van der Waals surface area (Å²) in [6.07, 6.45) is 1.85. The fourth-order valence-electron chi connectivity index (χ4n) is 1.88. The number of amidine groups is 1. The quantitative estimate of drug-likeness (QED) is 0.663. The fraction of sp³-hybridized carbons (Fsp3) is 0. The highest BCUT2D eigenvalue weighted by atomic mass is 79.9. The van der Waals surface area contributed by atoms with Gasteiger partial charge in [0.15, 0.2) is 5.17 Å². The van der Waals surface area contributed by atoms with E-state index in [9.17, 15) is 4.79 Å². The van der Waals surface area contributed by atoms with Crippen LogP contribution in [0.5, 0.6) is 0 Å². The minimum Gasteiger partial charge on any atom is -0.300 e. The maximum absolute atomic E-state index is 12.0.